The van der Waals surface area contributed by atoms with Gasteiger partial charge in [0.05, 0.1) is 11.4 Å². The summed E-state index contributed by atoms with van der Waals surface area (Å²) in [6.07, 6.45) is 1.63. The van der Waals surface area contributed by atoms with E-state index in [9.17, 15) is 14.0 Å². The van der Waals surface area contributed by atoms with Gasteiger partial charge in [0.25, 0.3) is 11.1 Å². The lowest BCUT2D eigenvalue weighted by atomic mass is 10.1. The summed E-state index contributed by atoms with van der Waals surface area (Å²) in [7, 11) is 0. The maximum absolute atomic E-state index is 13.3. The number of nitrogens with zero attached hydrogens (tertiary/aromatic N) is 1. The van der Waals surface area contributed by atoms with Crippen LogP contribution in [0.1, 0.15) is 16.7 Å². The second-order valence-electron chi connectivity index (χ2n) is 6.96. The molecule has 0 atom stereocenters. The van der Waals surface area contributed by atoms with Crippen molar-refractivity contribution in [3.05, 3.63) is 104 Å². The molecule has 0 saturated carbocycles. The van der Waals surface area contributed by atoms with E-state index in [0.29, 0.717) is 28.5 Å². The fourth-order valence-electron chi connectivity index (χ4n) is 3.07. The van der Waals surface area contributed by atoms with Crippen molar-refractivity contribution in [2.75, 3.05) is 0 Å². The highest BCUT2D eigenvalue weighted by molar-refractivity contribution is 8.18. The van der Waals surface area contributed by atoms with Crippen molar-refractivity contribution in [1.29, 1.82) is 0 Å². The SMILES string of the molecule is O=C1S/C(=C\c2ccccc2OCc2ccc(Cl)cc2)C(=O)N1Cc1ccc(F)cc1Cl. The Labute approximate surface area is 198 Å². The average Bonchev–Trinajstić information content (AvgIpc) is 3.03. The summed E-state index contributed by atoms with van der Waals surface area (Å²) < 4.78 is 19.2. The van der Waals surface area contributed by atoms with E-state index < -0.39 is 17.0 Å². The van der Waals surface area contributed by atoms with Gasteiger partial charge in [0.15, 0.2) is 0 Å². The number of benzene rings is 3. The first-order chi connectivity index (χ1) is 15.4. The van der Waals surface area contributed by atoms with Crippen molar-refractivity contribution in [2.45, 2.75) is 13.2 Å². The summed E-state index contributed by atoms with van der Waals surface area (Å²) >= 11 is 12.8. The average molecular weight is 488 g/mol. The molecule has 0 aromatic heterocycles. The van der Waals surface area contributed by atoms with E-state index in [4.69, 9.17) is 27.9 Å². The van der Waals surface area contributed by atoms with Gasteiger partial charge in [0.2, 0.25) is 0 Å². The van der Waals surface area contributed by atoms with Crippen molar-refractivity contribution in [2.24, 2.45) is 0 Å². The van der Waals surface area contributed by atoms with Crippen LogP contribution in [-0.4, -0.2) is 16.0 Å². The third-order valence-electron chi connectivity index (χ3n) is 4.73. The topological polar surface area (TPSA) is 46.6 Å². The van der Waals surface area contributed by atoms with Crippen molar-refractivity contribution in [3.63, 3.8) is 0 Å². The van der Waals surface area contributed by atoms with Crippen molar-refractivity contribution < 1.29 is 18.7 Å². The molecule has 1 heterocycles. The molecule has 4 nitrogen and oxygen atoms in total. The number of carbonyl (C=O) groups excluding carboxylic acids is 2. The van der Waals surface area contributed by atoms with Gasteiger partial charge in [0.1, 0.15) is 18.2 Å². The summed E-state index contributed by atoms with van der Waals surface area (Å²) in [5.74, 6) is -0.341. The number of carbonyl (C=O) groups is 2. The number of hydrogen-bond acceptors (Lipinski definition) is 4. The smallest absolute Gasteiger partial charge is 0.293 e. The molecular weight excluding hydrogens is 472 g/mol. The Bertz CT molecular complexity index is 1210. The number of imide groups is 1. The number of thioether (sulfide) groups is 1. The van der Waals surface area contributed by atoms with Crippen molar-refractivity contribution in [3.8, 4) is 5.75 Å². The van der Waals surface area contributed by atoms with Crippen molar-refractivity contribution in [1.82, 2.24) is 4.90 Å². The Kier molecular flexibility index (Phi) is 6.84. The molecule has 0 N–H and O–H groups in total. The van der Waals surface area contributed by atoms with Gasteiger partial charge in [-0.25, -0.2) is 4.39 Å². The molecule has 0 aliphatic carbocycles. The molecule has 1 aliphatic heterocycles. The van der Waals surface area contributed by atoms with E-state index in [-0.39, 0.29) is 16.5 Å². The van der Waals surface area contributed by atoms with Gasteiger partial charge in [-0.2, -0.15) is 0 Å². The first kappa shape index (κ1) is 22.4. The number of rotatable bonds is 6. The number of para-hydroxylation sites is 1. The molecule has 0 radical (unpaired) electrons. The molecule has 2 amide bonds. The minimum atomic E-state index is -0.483. The Balaban J connectivity index is 1.52. The predicted molar refractivity (Wildman–Crippen MR) is 125 cm³/mol. The molecule has 4 rings (SSSR count). The Morgan fingerprint density at radius 2 is 1.75 bits per heavy atom. The van der Waals surface area contributed by atoms with Crippen LogP contribution in [-0.2, 0) is 17.9 Å². The van der Waals surface area contributed by atoms with Crippen LogP contribution in [0, 0.1) is 5.82 Å². The predicted octanol–water partition coefficient (Wildman–Crippen LogP) is 6.95. The van der Waals surface area contributed by atoms with Gasteiger partial charge >= 0.3 is 0 Å². The van der Waals surface area contributed by atoms with Crippen LogP contribution in [0.5, 0.6) is 5.75 Å². The first-order valence-electron chi connectivity index (χ1n) is 9.56. The van der Waals surface area contributed by atoms with Crippen LogP contribution in [0.15, 0.2) is 71.6 Å². The molecule has 0 bridgehead atoms. The zero-order valence-corrected chi connectivity index (χ0v) is 18.9. The third-order valence-corrected chi connectivity index (χ3v) is 6.24. The van der Waals surface area contributed by atoms with E-state index in [1.807, 2.05) is 30.3 Å². The second kappa shape index (κ2) is 9.77. The standard InChI is InChI=1S/C24H16Cl2FNO3S/c25-18-8-5-15(6-9-18)14-31-21-4-2-1-3-16(21)11-22-23(29)28(24(30)32-22)13-17-7-10-19(27)12-20(17)26/h1-12H,13-14H2/b22-11-. The molecule has 162 valence electrons. The molecule has 0 unspecified atom stereocenters. The van der Waals surface area contributed by atoms with Gasteiger partial charge in [0, 0.05) is 15.6 Å². The minimum absolute atomic E-state index is 0.0319. The number of amides is 2. The summed E-state index contributed by atoms with van der Waals surface area (Å²) in [4.78, 5) is 26.7. The van der Waals surface area contributed by atoms with Crippen LogP contribution in [0.25, 0.3) is 6.08 Å². The quantitative estimate of drug-likeness (QED) is 0.353. The zero-order valence-electron chi connectivity index (χ0n) is 16.6. The van der Waals surface area contributed by atoms with Gasteiger partial charge in [-0.3, -0.25) is 14.5 Å². The second-order valence-corrected chi connectivity index (χ2v) is 8.79. The summed E-state index contributed by atoms with van der Waals surface area (Å²) in [6, 6.07) is 18.4. The number of halogens is 3. The van der Waals surface area contributed by atoms with E-state index in [2.05, 4.69) is 0 Å². The Morgan fingerprint density at radius 1 is 1.00 bits per heavy atom. The highest BCUT2D eigenvalue weighted by atomic mass is 35.5. The lowest BCUT2D eigenvalue weighted by Crippen LogP contribution is -2.27. The molecule has 1 saturated heterocycles. The monoisotopic (exact) mass is 487 g/mol. The first-order valence-corrected chi connectivity index (χ1v) is 11.1. The number of hydrogen-bond donors (Lipinski definition) is 0. The summed E-state index contributed by atoms with van der Waals surface area (Å²) in [5.41, 5.74) is 2.11. The summed E-state index contributed by atoms with van der Waals surface area (Å²) in [6.45, 7) is 0.294. The lowest BCUT2D eigenvalue weighted by Gasteiger charge is -2.13. The molecule has 1 fully saturated rings. The highest BCUT2D eigenvalue weighted by Crippen LogP contribution is 2.35. The van der Waals surface area contributed by atoms with Crippen LogP contribution in [0.2, 0.25) is 10.0 Å². The third kappa shape index (κ3) is 5.15. The van der Waals surface area contributed by atoms with E-state index in [1.54, 1.807) is 24.3 Å². The normalized spacial score (nSPS) is 15.0. The molecule has 3 aromatic carbocycles. The summed E-state index contributed by atoms with van der Waals surface area (Å²) in [5, 5.41) is 0.391. The van der Waals surface area contributed by atoms with Crippen LogP contribution >= 0.6 is 35.0 Å². The fourth-order valence-corrected chi connectivity index (χ4v) is 4.25. The molecule has 1 aliphatic rings. The maximum atomic E-state index is 13.3. The van der Waals surface area contributed by atoms with Gasteiger partial charge in [-0.15, -0.1) is 0 Å². The van der Waals surface area contributed by atoms with E-state index in [1.165, 1.54) is 12.1 Å². The number of ether oxygens (including phenoxy) is 1. The largest absolute Gasteiger partial charge is 0.488 e. The highest BCUT2D eigenvalue weighted by Gasteiger charge is 2.35. The molecular formula is C24H16Cl2FNO3S. The fraction of sp³-hybridized carbons (Fsp3) is 0.0833. The van der Waals surface area contributed by atoms with Gasteiger partial charge in [-0.1, -0.05) is 59.6 Å². The maximum Gasteiger partial charge on any atom is 0.293 e. The zero-order chi connectivity index (χ0) is 22.7. The van der Waals surface area contributed by atoms with Crippen molar-refractivity contribution >= 4 is 52.2 Å². The van der Waals surface area contributed by atoms with Crippen LogP contribution in [0.4, 0.5) is 9.18 Å². The van der Waals surface area contributed by atoms with Gasteiger partial charge < -0.3 is 4.74 Å². The van der Waals surface area contributed by atoms with Gasteiger partial charge in [-0.05, 0) is 59.3 Å². The van der Waals surface area contributed by atoms with Crippen LogP contribution in [0.3, 0.4) is 0 Å². The van der Waals surface area contributed by atoms with Crippen LogP contribution < -0.4 is 4.74 Å². The Hall–Kier alpha value is -2.80. The molecule has 0 spiro atoms. The van der Waals surface area contributed by atoms with E-state index in [0.717, 1.165) is 28.3 Å². The molecule has 3 aromatic rings. The van der Waals surface area contributed by atoms with E-state index >= 15 is 0 Å². The molecule has 8 heteroatoms. The minimum Gasteiger partial charge on any atom is -0.488 e. The Morgan fingerprint density at radius 3 is 2.50 bits per heavy atom. The lowest BCUT2D eigenvalue weighted by molar-refractivity contribution is -0.123. The molecule has 32 heavy (non-hydrogen) atoms.